The molecule has 4 nitrogen and oxygen atoms in total. The summed E-state index contributed by atoms with van der Waals surface area (Å²) in [4.78, 5) is 4.07. The second-order valence-corrected chi connectivity index (χ2v) is 5.39. The van der Waals surface area contributed by atoms with Gasteiger partial charge in [-0.2, -0.15) is 0 Å². The lowest BCUT2D eigenvalue weighted by atomic mass is 10.1. The first-order valence-corrected chi connectivity index (χ1v) is 7.58. The smallest absolute Gasteiger partial charge is 0.0991 e. The first-order chi connectivity index (χ1) is 10.2. The zero-order valence-electron chi connectivity index (χ0n) is 13.1. The van der Waals surface area contributed by atoms with Gasteiger partial charge in [0.15, 0.2) is 0 Å². The summed E-state index contributed by atoms with van der Waals surface area (Å²) in [5, 5.41) is 3.65. The molecule has 0 amide bonds. The lowest BCUT2D eigenvalue weighted by molar-refractivity contribution is 0.157. The molecule has 0 aliphatic rings. The Morgan fingerprint density at radius 2 is 2.05 bits per heavy atom. The van der Waals surface area contributed by atoms with Crippen LogP contribution in [0.2, 0.25) is 0 Å². The number of hydrogen-bond acceptors (Lipinski definition) is 3. The minimum Gasteiger partial charge on any atom is -0.383 e. The third kappa shape index (κ3) is 4.41. The second-order valence-electron chi connectivity index (χ2n) is 5.39. The van der Waals surface area contributed by atoms with Crippen LogP contribution >= 0.6 is 0 Å². The lowest BCUT2D eigenvalue weighted by Gasteiger charge is -2.23. The normalized spacial score (nSPS) is 14.0. The summed E-state index contributed by atoms with van der Waals surface area (Å²) in [5.74, 6) is 0. The van der Waals surface area contributed by atoms with Crippen molar-refractivity contribution in [1.82, 2.24) is 14.9 Å². The minimum absolute atomic E-state index is 0.313. The number of benzene rings is 1. The Balaban J connectivity index is 2.00. The van der Waals surface area contributed by atoms with Crippen molar-refractivity contribution in [2.75, 3.05) is 13.7 Å². The van der Waals surface area contributed by atoms with E-state index in [2.05, 4.69) is 48.4 Å². The summed E-state index contributed by atoms with van der Waals surface area (Å²) in [6.45, 7) is 5.16. The molecule has 21 heavy (non-hydrogen) atoms. The van der Waals surface area contributed by atoms with Gasteiger partial charge in [0.1, 0.15) is 0 Å². The Hall–Kier alpha value is -1.65. The van der Waals surface area contributed by atoms with Crippen molar-refractivity contribution in [2.45, 2.75) is 38.8 Å². The summed E-state index contributed by atoms with van der Waals surface area (Å²) < 4.78 is 7.30. The molecule has 0 fully saturated rings. The standard InChI is InChI=1S/C17H25N3O/c1-4-5-16(12-21-3)19-14(2)15-6-8-17(9-7-15)20-11-10-18-13-20/h6-11,13-14,16,19H,4-5,12H2,1-3H3. The topological polar surface area (TPSA) is 39.1 Å². The number of nitrogens with zero attached hydrogens (tertiary/aromatic N) is 2. The number of imidazole rings is 1. The van der Waals surface area contributed by atoms with Gasteiger partial charge in [0.25, 0.3) is 0 Å². The second kappa shape index (κ2) is 7.96. The highest BCUT2D eigenvalue weighted by Crippen LogP contribution is 2.17. The first-order valence-electron chi connectivity index (χ1n) is 7.58. The fourth-order valence-corrected chi connectivity index (χ4v) is 2.56. The Morgan fingerprint density at radius 3 is 2.62 bits per heavy atom. The van der Waals surface area contributed by atoms with E-state index in [0.717, 1.165) is 25.1 Å². The Labute approximate surface area is 127 Å². The molecule has 2 rings (SSSR count). The van der Waals surface area contributed by atoms with Crippen molar-refractivity contribution in [2.24, 2.45) is 0 Å². The van der Waals surface area contributed by atoms with E-state index in [4.69, 9.17) is 4.74 Å². The van der Waals surface area contributed by atoms with Crippen LogP contribution in [0.5, 0.6) is 0 Å². The van der Waals surface area contributed by atoms with Crippen LogP contribution in [0.1, 0.15) is 38.3 Å². The van der Waals surface area contributed by atoms with Crippen molar-refractivity contribution < 1.29 is 4.74 Å². The number of rotatable bonds is 8. The predicted octanol–water partition coefficient (Wildman–Crippen LogP) is 3.34. The van der Waals surface area contributed by atoms with E-state index in [9.17, 15) is 0 Å². The molecule has 1 N–H and O–H groups in total. The Bertz CT molecular complexity index is 501. The number of methoxy groups -OCH3 is 1. The predicted molar refractivity (Wildman–Crippen MR) is 85.7 cm³/mol. The quantitative estimate of drug-likeness (QED) is 0.809. The van der Waals surface area contributed by atoms with Gasteiger partial charge in [-0.15, -0.1) is 0 Å². The van der Waals surface area contributed by atoms with Crippen molar-refractivity contribution >= 4 is 0 Å². The van der Waals surface area contributed by atoms with E-state index in [0.29, 0.717) is 12.1 Å². The fourth-order valence-electron chi connectivity index (χ4n) is 2.56. The number of ether oxygens (including phenoxy) is 1. The maximum absolute atomic E-state index is 5.29. The molecule has 0 saturated carbocycles. The number of aromatic nitrogens is 2. The SMILES string of the molecule is CCCC(COC)NC(C)c1ccc(-n2ccnc2)cc1. The zero-order chi connectivity index (χ0) is 15.1. The van der Waals surface area contributed by atoms with Crippen LogP contribution in [0.25, 0.3) is 5.69 Å². The molecular formula is C17H25N3O. The van der Waals surface area contributed by atoms with Gasteiger partial charge in [-0.05, 0) is 31.0 Å². The molecule has 2 atom stereocenters. The highest BCUT2D eigenvalue weighted by atomic mass is 16.5. The van der Waals surface area contributed by atoms with Crippen LogP contribution in [0.3, 0.4) is 0 Å². The van der Waals surface area contributed by atoms with E-state index in [1.54, 1.807) is 13.3 Å². The highest BCUT2D eigenvalue weighted by Gasteiger charge is 2.12. The Kier molecular flexibility index (Phi) is 5.96. The summed E-state index contributed by atoms with van der Waals surface area (Å²) in [6.07, 6.45) is 7.84. The van der Waals surface area contributed by atoms with Gasteiger partial charge in [0.2, 0.25) is 0 Å². The van der Waals surface area contributed by atoms with Crippen molar-refractivity contribution in [3.63, 3.8) is 0 Å². The summed E-state index contributed by atoms with van der Waals surface area (Å²) in [6, 6.07) is 9.31. The van der Waals surface area contributed by atoms with Gasteiger partial charge in [-0.1, -0.05) is 25.5 Å². The van der Waals surface area contributed by atoms with Crippen LogP contribution in [0, 0.1) is 0 Å². The van der Waals surface area contributed by atoms with Gasteiger partial charge in [0.05, 0.1) is 12.9 Å². The molecule has 114 valence electrons. The molecule has 2 aromatic rings. The third-order valence-electron chi connectivity index (χ3n) is 3.69. The molecule has 0 spiro atoms. The molecule has 1 aromatic heterocycles. The monoisotopic (exact) mass is 287 g/mol. The molecular weight excluding hydrogens is 262 g/mol. The van der Waals surface area contributed by atoms with Crippen LogP contribution in [-0.4, -0.2) is 29.3 Å². The van der Waals surface area contributed by atoms with Crippen molar-refractivity contribution in [3.05, 3.63) is 48.5 Å². The van der Waals surface area contributed by atoms with E-state index in [1.165, 1.54) is 5.56 Å². The average molecular weight is 287 g/mol. The van der Waals surface area contributed by atoms with E-state index in [1.807, 2.05) is 17.1 Å². The average Bonchev–Trinajstić information content (AvgIpc) is 3.02. The summed E-state index contributed by atoms with van der Waals surface area (Å²) in [5.41, 5.74) is 2.42. The molecule has 2 unspecified atom stereocenters. The zero-order valence-corrected chi connectivity index (χ0v) is 13.1. The van der Waals surface area contributed by atoms with Gasteiger partial charge in [-0.25, -0.2) is 4.98 Å². The van der Waals surface area contributed by atoms with E-state index >= 15 is 0 Å². The maximum atomic E-state index is 5.29. The molecule has 4 heteroatoms. The van der Waals surface area contributed by atoms with Gasteiger partial charge >= 0.3 is 0 Å². The first kappa shape index (κ1) is 15.7. The molecule has 0 aliphatic carbocycles. The lowest BCUT2D eigenvalue weighted by Crippen LogP contribution is -2.35. The maximum Gasteiger partial charge on any atom is 0.0991 e. The van der Waals surface area contributed by atoms with Crippen LogP contribution < -0.4 is 5.32 Å². The molecule has 1 aromatic carbocycles. The molecule has 0 bridgehead atoms. The van der Waals surface area contributed by atoms with Crippen molar-refractivity contribution in [1.29, 1.82) is 0 Å². The molecule has 1 heterocycles. The summed E-state index contributed by atoms with van der Waals surface area (Å²) >= 11 is 0. The van der Waals surface area contributed by atoms with E-state index < -0.39 is 0 Å². The van der Waals surface area contributed by atoms with Gasteiger partial charge in [-0.3, -0.25) is 0 Å². The van der Waals surface area contributed by atoms with Crippen LogP contribution in [0.4, 0.5) is 0 Å². The summed E-state index contributed by atoms with van der Waals surface area (Å²) in [7, 11) is 1.76. The third-order valence-corrected chi connectivity index (χ3v) is 3.69. The molecule has 0 saturated heterocycles. The van der Waals surface area contributed by atoms with Crippen molar-refractivity contribution in [3.8, 4) is 5.69 Å². The van der Waals surface area contributed by atoms with Gasteiger partial charge < -0.3 is 14.6 Å². The van der Waals surface area contributed by atoms with Crippen LogP contribution in [-0.2, 0) is 4.74 Å². The number of nitrogens with one attached hydrogen (secondary N) is 1. The number of hydrogen-bond donors (Lipinski definition) is 1. The molecule has 0 radical (unpaired) electrons. The van der Waals surface area contributed by atoms with Gasteiger partial charge in [0, 0.05) is 37.3 Å². The largest absolute Gasteiger partial charge is 0.383 e. The Morgan fingerprint density at radius 1 is 1.29 bits per heavy atom. The fraction of sp³-hybridized carbons (Fsp3) is 0.471. The minimum atomic E-state index is 0.313. The van der Waals surface area contributed by atoms with Crippen LogP contribution in [0.15, 0.2) is 43.0 Å². The highest BCUT2D eigenvalue weighted by molar-refractivity contribution is 5.35. The molecule has 0 aliphatic heterocycles. The van der Waals surface area contributed by atoms with E-state index in [-0.39, 0.29) is 0 Å².